The van der Waals surface area contributed by atoms with Crippen molar-refractivity contribution in [1.82, 2.24) is 25.3 Å². The van der Waals surface area contributed by atoms with E-state index >= 15 is 0 Å². The molecule has 0 radical (unpaired) electrons. The molecule has 6 rings (SSSR count). The standard InChI is InChI=1S/C21H27N5O3/c1-14-4-3-5-16-25-15(10-26(14)16)17(27)24-13-19-11-20(12-19,18(28)22-2)21(29-19)6-8-23-9-7-21/h3-5,10,23H,6-9,11-13H2,1-2H3,(H,22,28)(H,24,27). The predicted molar refractivity (Wildman–Crippen MR) is 107 cm³/mol. The van der Waals surface area contributed by atoms with Gasteiger partial charge in [-0.1, -0.05) is 6.07 Å². The third-order valence-corrected chi connectivity index (χ3v) is 7.10. The number of nitrogens with one attached hydrogen (secondary N) is 3. The average molecular weight is 397 g/mol. The molecule has 2 aromatic rings. The second-order valence-corrected chi connectivity index (χ2v) is 8.75. The first-order valence-corrected chi connectivity index (χ1v) is 10.3. The van der Waals surface area contributed by atoms with E-state index in [0.717, 1.165) is 37.3 Å². The fourth-order valence-corrected chi connectivity index (χ4v) is 5.72. The number of imidazole rings is 1. The summed E-state index contributed by atoms with van der Waals surface area (Å²) in [6, 6.07) is 5.79. The number of carbonyl (C=O) groups excluding carboxylic acids is 2. The van der Waals surface area contributed by atoms with Crippen molar-refractivity contribution in [2.24, 2.45) is 5.41 Å². The SMILES string of the molecule is CNC(=O)C12CC(CNC(=O)c3cn4c(C)cccc4n3)(C1)OC21CCNCC1. The molecular weight excluding hydrogens is 370 g/mol. The molecule has 2 bridgehead atoms. The van der Waals surface area contributed by atoms with Gasteiger partial charge in [0.05, 0.1) is 16.6 Å². The molecule has 0 atom stereocenters. The number of hydrogen-bond donors (Lipinski definition) is 3. The molecular formula is C21H27N5O3. The molecule has 0 unspecified atom stereocenters. The van der Waals surface area contributed by atoms with Crippen LogP contribution in [0.2, 0.25) is 0 Å². The molecule has 8 nitrogen and oxygen atoms in total. The van der Waals surface area contributed by atoms with E-state index in [1.807, 2.05) is 29.5 Å². The minimum atomic E-state index is -0.477. The van der Waals surface area contributed by atoms with Crippen molar-refractivity contribution in [3.63, 3.8) is 0 Å². The Kier molecular flexibility index (Phi) is 4.02. The van der Waals surface area contributed by atoms with Crippen LogP contribution >= 0.6 is 0 Å². The molecule has 2 aromatic heterocycles. The van der Waals surface area contributed by atoms with Crippen LogP contribution < -0.4 is 16.0 Å². The van der Waals surface area contributed by atoms with Gasteiger partial charge in [0.1, 0.15) is 11.3 Å². The summed E-state index contributed by atoms with van der Waals surface area (Å²) in [6.07, 6.45) is 4.72. The van der Waals surface area contributed by atoms with Crippen LogP contribution in [-0.4, -0.2) is 59.1 Å². The Balaban J connectivity index is 1.33. The number of aryl methyl sites for hydroxylation is 1. The Labute approximate surface area is 169 Å². The monoisotopic (exact) mass is 397 g/mol. The van der Waals surface area contributed by atoms with Gasteiger partial charge in [-0.2, -0.15) is 0 Å². The van der Waals surface area contributed by atoms with Crippen molar-refractivity contribution in [2.45, 2.75) is 43.8 Å². The minimum absolute atomic E-state index is 0.0645. The maximum atomic E-state index is 12.8. The number of piperidine rings is 1. The molecule has 8 heteroatoms. The van der Waals surface area contributed by atoms with Crippen LogP contribution in [0, 0.1) is 12.3 Å². The quantitative estimate of drug-likeness (QED) is 0.709. The maximum absolute atomic E-state index is 12.8. The molecule has 1 spiro atoms. The van der Waals surface area contributed by atoms with Gasteiger partial charge >= 0.3 is 0 Å². The molecule has 4 fully saturated rings. The summed E-state index contributed by atoms with van der Waals surface area (Å²) in [5.41, 5.74) is 0.796. The first-order valence-electron chi connectivity index (χ1n) is 10.3. The summed E-state index contributed by atoms with van der Waals surface area (Å²) in [4.78, 5) is 29.9. The number of amides is 2. The smallest absolute Gasteiger partial charge is 0.271 e. The van der Waals surface area contributed by atoms with E-state index in [-0.39, 0.29) is 11.8 Å². The second-order valence-electron chi connectivity index (χ2n) is 8.75. The molecule has 1 aliphatic carbocycles. The van der Waals surface area contributed by atoms with Crippen LogP contribution in [0.3, 0.4) is 0 Å². The first-order chi connectivity index (χ1) is 13.9. The van der Waals surface area contributed by atoms with E-state index in [4.69, 9.17) is 4.74 Å². The number of nitrogens with zero attached hydrogens (tertiary/aromatic N) is 2. The Bertz CT molecular complexity index is 985. The van der Waals surface area contributed by atoms with Gasteiger partial charge in [0, 0.05) is 25.5 Å². The molecule has 154 valence electrons. The Morgan fingerprint density at radius 2 is 2.03 bits per heavy atom. The normalized spacial score (nSPS) is 29.6. The van der Waals surface area contributed by atoms with Gasteiger partial charge in [-0.3, -0.25) is 9.59 Å². The number of carbonyl (C=O) groups is 2. The van der Waals surface area contributed by atoms with Crippen LogP contribution in [0.1, 0.15) is 41.9 Å². The van der Waals surface area contributed by atoms with Gasteiger partial charge in [-0.05, 0) is 57.8 Å². The lowest BCUT2D eigenvalue weighted by Crippen LogP contribution is -2.61. The van der Waals surface area contributed by atoms with Gasteiger partial charge in [-0.15, -0.1) is 0 Å². The zero-order valence-corrected chi connectivity index (χ0v) is 16.9. The summed E-state index contributed by atoms with van der Waals surface area (Å²) in [6.45, 7) is 4.07. The predicted octanol–water partition coefficient (Wildman–Crippen LogP) is 0.790. The van der Waals surface area contributed by atoms with Crippen molar-refractivity contribution < 1.29 is 14.3 Å². The van der Waals surface area contributed by atoms with Crippen molar-refractivity contribution in [3.05, 3.63) is 35.8 Å². The number of aromatic nitrogens is 2. The summed E-state index contributed by atoms with van der Waals surface area (Å²) < 4.78 is 8.51. The van der Waals surface area contributed by atoms with Crippen LogP contribution in [0.5, 0.6) is 0 Å². The highest BCUT2D eigenvalue weighted by atomic mass is 16.5. The number of ether oxygens (including phenoxy) is 1. The van der Waals surface area contributed by atoms with Crippen molar-refractivity contribution in [2.75, 3.05) is 26.7 Å². The van der Waals surface area contributed by atoms with E-state index in [9.17, 15) is 9.59 Å². The number of fused-ring (bicyclic) bond motifs is 1. The fraction of sp³-hybridized carbons (Fsp3) is 0.571. The zero-order chi connectivity index (χ0) is 20.3. The van der Waals surface area contributed by atoms with E-state index in [1.165, 1.54) is 0 Å². The van der Waals surface area contributed by atoms with Crippen molar-refractivity contribution >= 4 is 17.5 Å². The van der Waals surface area contributed by atoms with Crippen LogP contribution in [0.15, 0.2) is 24.4 Å². The van der Waals surface area contributed by atoms with E-state index in [0.29, 0.717) is 25.1 Å². The molecule has 2 amide bonds. The summed E-state index contributed by atoms with van der Waals surface area (Å²) in [7, 11) is 1.69. The van der Waals surface area contributed by atoms with E-state index in [1.54, 1.807) is 13.2 Å². The third kappa shape index (κ3) is 2.55. The summed E-state index contributed by atoms with van der Waals surface area (Å²) in [5, 5.41) is 9.21. The molecule has 3 saturated heterocycles. The van der Waals surface area contributed by atoms with E-state index < -0.39 is 16.6 Å². The van der Waals surface area contributed by atoms with Crippen LogP contribution in [0.25, 0.3) is 5.65 Å². The topological polar surface area (TPSA) is 96.8 Å². The average Bonchev–Trinajstić information content (AvgIpc) is 3.32. The highest BCUT2D eigenvalue weighted by Gasteiger charge is 2.77. The Morgan fingerprint density at radius 1 is 1.28 bits per heavy atom. The molecule has 0 aromatic carbocycles. The molecule has 4 aliphatic rings. The lowest BCUT2D eigenvalue weighted by Gasteiger charge is -2.47. The van der Waals surface area contributed by atoms with Gasteiger partial charge in [-0.25, -0.2) is 4.98 Å². The zero-order valence-electron chi connectivity index (χ0n) is 16.9. The Hall–Kier alpha value is -2.45. The van der Waals surface area contributed by atoms with Crippen LogP contribution in [-0.2, 0) is 9.53 Å². The van der Waals surface area contributed by atoms with Crippen LogP contribution in [0.4, 0.5) is 0 Å². The number of hydrogen-bond acceptors (Lipinski definition) is 5. The third-order valence-electron chi connectivity index (χ3n) is 7.10. The second kappa shape index (κ2) is 6.27. The largest absolute Gasteiger partial charge is 0.365 e. The molecule has 3 aliphatic heterocycles. The highest BCUT2D eigenvalue weighted by molar-refractivity contribution is 5.93. The van der Waals surface area contributed by atoms with Crippen molar-refractivity contribution in [3.8, 4) is 0 Å². The Morgan fingerprint density at radius 3 is 2.72 bits per heavy atom. The summed E-state index contributed by atoms with van der Waals surface area (Å²) >= 11 is 0. The minimum Gasteiger partial charge on any atom is -0.365 e. The van der Waals surface area contributed by atoms with Crippen molar-refractivity contribution in [1.29, 1.82) is 0 Å². The lowest BCUT2D eigenvalue weighted by atomic mass is 9.53. The molecule has 1 saturated carbocycles. The van der Waals surface area contributed by atoms with Gasteiger partial charge < -0.3 is 25.1 Å². The van der Waals surface area contributed by atoms with E-state index in [2.05, 4.69) is 20.9 Å². The summed E-state index contributed by atoms with van der Waals surface area (Å²) in [5.74, 6) is -0.149. The molecule has 5 heterocycles. The fourth-order valence-electron chi connectivity index (χ4n) is 5.72. The van der Waals surface area contributed by atoms with Gasteiger partial charge in [0.2, 0.25) is 5.91 Å². The molecule has 3 N–H and O–H groups in total. The lowest BCUT2D eigenvalue weighted by molar-refractivity contribution is -0.140. The first kappa shape index (κ1) is 18.6. The van der Waals surface area contributed by atoms with Gasteiger partial charge in [0.15, 0.2) is 0 Å². The number of rotatable bonds is 4. The highest BCUT2D eigenvalue weighted by Crippen LogP contribution is 2.68. The van der Waals surface area contributed by atoms with Gasteiger partial charge in [0.25, 0.3) is 5.91 Å². The number of pyridine rings is 1. The molecule has 29 heavy (non-hydrogen) atoms. The maximum Gasteiger partial charge on any atom is 0.271 e.